The number of nitrogens with one attached hydrogen (secondary N) is 1. The number of amides is 1. The maximum atomic E-state index is 12.1. The number of carbonyl (C=O) groups excluding carboxylic acids is 1. The highest BCUT2D eigenvalue weighted by Gasteiger charge is 2.07. The molecule has 0 aliphatic heterocycles. The van der Waals surface area contributed by atoms with Crippen LogP contribution in [-0.4, -0.2) is 17.5 Å². The first-order chi connectivity index (χ1) is 11.3. The van der Waals surface area contributed by atoms with Gasteiger partial charge in [0.1, 0.15) is 5.75 Å². The van der Waals surface area contributed by atoms with E-state index in [0.717, 1.165) is 10.9 Å². The van der Waals surface area contributed by atoms with Crippen molar-refractivity contribution < 1.29 is 9.53 Å². The van der Waals surface area contributed by atoms with E-state index in [1.54, 1.807) is 36.5 Å². The molecule has 0 aliphatic rings. The van der Waals surface area contributed by atoms with E-state index in [2.05, 4.69) is 10.3 Å². The second-order valence-electron chi connectivity index (χ2n) is 4.86. The molecule has 1 heterocycles. The standard InChI is InChI=1S/C18H13N3O2/c19-11-13-4-1-7-15(10-13)23-12-17(22)21-16-8-2-5-14-6-3-9-20-18(14)16/h1-10H,12H2,(H,21,22). The fraction of sp³-hybridized carbons (Fsp3) is 0.0556. The lowest BCUT2D eigenvalue weighted by atomic mass is 10.2. The summed E-state index contributed by atoms with van der Waals surface area (Å²) in [5.41, 5.74) is 1.86. The highest BCUT2D eigenvalue weighted by atomic mass is 16.5. The zero-order valence-electron chi connectivity index (χ0n) is 12.2. The van der Waals surface area contributed by atoms with Gasteiger partial charge in [-0.3, -0.25) is 9.78 Å². The average molecular weight is 303 g/mol. The molecule has 3 aromatic rings. The zero-order chi connectivity index (χ0) is 16.1. The molecule has 1 amide bonds. The van der Waals surface area contributed by atoms with Crippen LogP contribution in [0.25, 0.3) is 10.9 Å². The molecule has 0 unspecified atom stereocenters. The Balaban J connectivity index is 1.68. The van der Waals surface area contributed by atoms with Gasteiger partial charge in [-0.1, -0.05) is 24.3 Å². The number of rotatable bonds is 4. The second kappa shape index (κ2) is 6.58. The Kier molecular flexibility index (Phi) is 4.16. The van der Waals surface area contributed by atoms with E-state index in [1.165, 1.54) is 0 Å². The number of benzene rings is 2. The average Bonchev–Trinajstić information content (AvgIpc) is 2.60. The van der Waals surface area contributed by atoms with Crippen LogP contribution in [0, 0.1) is 11.3 Å². The van der Waals surface area contributed by atoms with Crippen molar-refractivity contribution >= 4 is 22.5 Å². The van der Waals surface area contributed by atoms with Gasteiger partial charge in [0, 0.05) is 11.6 Å². The van der Waals surface area contributed by atoms with Crippen molar-refractivity contribution in [2.75, 3.05) is 11.9 Å². The van der Waals surface area contributed by atoms with E-state index in [1.807, 2.05) is 30.3 Å². The molecule has 0 bridgehead atoms. The summed E-state index contributed by atoms with van der Waals surface area (Å²) >= 11 is 0. The second-order valence-corrected chi connectivity index (χ2v) is 4.86. The summed E-state index contributed by atoms with van der Waals surface area (Å²) in [6.45, 7) is -0.141. The van der Waals surface area contributed by atoms with E-state index in [0.29, 0.717) is 17.0 Å². The number of nitrogens with zero attached hydrogens (tertiary/aromatic N) is 2. The summed E-state index contributed by atoms with van der Waals surface area (Å²) in [6.07, 6.45) is 1.68. The van der Waals surface area contributed by atoms with Gasteiger partial charge in [0.2, 0.25) is 0 Å². The molecule has 5 heteroatoms. The molecule has 3 rings (SSSR count). The minimum absolute atomic E-state index is 0.141. The number of hydrogen-bond donors (Lipinski definition) is 1. The quantitative estimate of drug-likeness (QED) is 0.803. The Labute approximate surface area is 133 Å². The minimum atomic E-state index is -0.287. The SMILES string of the molecule is N#Cc1cccc(OCC(=O)Nc2cccc3cccnc23)c1. The Morgan fingerprint density at radius 1 is 1.17 bits per heavy atom. The monoisotopic (exact) mass is 303 g/mol. The topological polar surface area (TPSA) is 75.0 Å². The smallest absolute Gasteiger partial charge is 0.262 e. The molecule has 0 saturated heterocycles. The molecule has 0 saturated carbocycles. The number of ether oxygens (including phenoxy) is 1. The van der Waals surface area contributed by atoms with Crippen molar-refractivity contribution in [2.24, 2.45) is 0 Å². The maximum Gasteiger partial charge on any atom is 0.262 e. The van der Waals surface area contributed by atoms with Crippen LogP contribution in [0.4, 0.5) is 5.69 Å². The third-order valence-electron chi connectivity index (χ3n) is 3.24. The minimum Gasteiger partial charge on any atom is -0.484 e. The molecule has 1 aromatic heterocycles. The molecule has 5 nitrogen and oxygen atoms in total. The van der Waals surface area contributed by atoms with Crippen molar-refractivity contribution in [1.29, 1.82) is 5.26 Å². The number of hydrogen-bond acceptors (Lipinski definition) is 4. The lowest BCUT2D eigenvalue weighted by Crippen LogP contribution is -2.20. The fourth-order valence-corrected chi connectivity index (χ4v) is 2.20. The molecule has 0 atom stereocenters. The van der Waals surface area contributed by atoms with Crippen molar-refractivity contribution in [3.63, 3.8) is 0 Å². The molecular formula is C18H13N3O2. The van der Waals surface area contributed by atoms with Gasteiger partial charge in [0.05, 0.1) is 22.8 Å². The van der Waals surface area contributed by atoms with Gasteiger partial charge >= 0.3 is 0 Å². The highest BCUT2D eigenvalue weighted by Crippen LogP contribution is 2.20. The van der Waals surface area contributed by atoms with E-state index in [4.69, 9.17) is 10.00 Å². The van der Waals surface area contributed by atoms with Crippen LogP contribution in [0.15, 0.2) is 60.8 Å². The molecule has 0 radical (unpaired) electrons. The largest absolute Gasteiger partial charge is 0.484 e. The fourth-order valence-electron chi connectivity index (χ4n) is 2.20. The van der Waals surface area contributed by atoms with Gasteiger partial charge < -0.3 is 10.1 Å². The van der Waals surface area contributed by atoms with Gasteiger partial charge in [-0.15, -0.1) is 0 Å². The van der Waals surface area contributed by atoms with Gasteiger partial charge in [-0.05, 0) is 30.3 Å². The number of carbonyl (C=O) groups is 1. The summed E-state index contributed by atoms with van der Waals surface area (Å²) in [5.74, 6) is 0.195. The van der Waals surface area contributed by atoms with Crippen LogP contribution in [0.2, 0.25) is 0 Å². The Morgan fingerprint density at radius 2 is 2.00 bits per heavy atom. The number of fused-ring (bicyclic) bond motifs is 1. The number of nitriles is 1. The van der Waals surface area contributed by atoms with Gasteiger partial charge in [0.15, 0.2) is 6.61 Å². The lowest BCUT2D eigenvalue weighted by molar-refractivity contribution is -0.118. The van der Waals surface area contributed by atoms with E-state index < -0.39 is 0 Å². The van der Waals surface area contributed by atoms with E-state index >= 15 is 0 Å². The Morgan fingerprint density at radius 3 is 2.87 bits per heavy atom. The number of para-hydroxylation sites is 1. The Hall–Kier alpha value is -3.39. The van der Waals surface area contributed by atoms with Crippen molar-refractivity contribution in [3.8, 4) is 11.8 Å². The summed E-state index contributed by atoms with van der Waals surface area (Å²) in [6, 6.07) is 18.1. The summed E-state index contributed by atoms with van der Waals surface area (Å²) in [5, 5.41) is 12.6. The maximum absolute atomic E-state index is 12.1. The number of anilines is 1. The van der Waals surface area contributed by atoms with E-state index in [9.17, 15) is 4.79 Å². The predicted molar refractivity (Wildman–Crippen MR) is 87.0 cm³/mol. The van der Waals surface area contributed by atoms with Gasteiger partial charge in [0.25, 0.3) is 5.91 Å². The van der Waals surface area contributed by atoms with Gasteiger partial charge in [-0.2, -0.15) is 5.26 Å². The summed E-state index contributed by atoms with van der Waals surface area (Å²) in [4.78, 5) is 16.3. The predicted octanol–water partition coefficient (Wildman–Crippen LogP) is 3.12. The molecule has 0 spiro atoms. The zero-order valence-corrected chi connectivity index (χ0v) is 12.2. The Bertz CT molecular complexity index is 895. The molecule has 0 fully saturated rings. The van der Waals surface area contributed by atoms with Crippen LogP contribution < -0.4 is 10.1 Å². The van der Waals surface area contributed by atoms with Gasteiger partial charge in [-0.25, -0.2) is 0 Å². The molecular weight excluding hydrogens is 290 g/mol. The van der Waals surface area contributed by atoms with Crippen LogP contribution in [0.3, 0.4) is 0 Å². The van der Waals surface area contributed by atoms with E-state index in [-0.39, 0.29) is 12.5 Å². The highest BCUT2D eigenvalue weighted by molar-refractivity contribution is 6.00. The summed E-state index contributed by atoms with van der Waals surface area (Å²) in [7, 11) is 0. The third-order valence-corrected chi connectivity index (χ3v) is 3.24. The molecule has 0 aliphatic carbocycles. The first kappa shape index (κ1) is 14.5. The van der Waals surface area contributed by atoms with Crippen LogP contribution in [-0.2, 0) is 4.79 Å². The lowest BCUT2D eigenvalue weighted by Gasteiger charge is -2.09. The van der Waals surface area contributed by atoms with Crippen LogP contribution >= 0.6 is 0 Å². The van der Waals surface area contributed by atoms with Crippen LogP contribution in [0.5, 0.6) is 5.75 Å². The van der Waals surface area contributed by atoms with Crippen molar-refractivity contribution in [3.05, 3.63) is 66.4 Å². The normalized spacial score (nSPS) is 10.0. The number of pyridine rings is 1. The summed E-state index contributed by atoms with van der Waals surface area (Å²) < 4.78 is 5.41. The van der Waals surface area contributed by atoms with Crippen molar-refractivity contribution in [1.82, 2.24) is 4.98 Å². The first-order valence-corrected chi connectivity index (χ1v) is 7.03. The third kappa shape index (κ3) is 3.44. The first-order valence-electron chi connectivity index (χ1n) is 7.03. The number of aromatic nitrogens is 1. The van der Waals surface area contributed by atoms with Crippen molar-refractivity contribution in [2.45, 2.75) is 0 Å². The molecule has 23 heavy (non-hydrogen) atoms. The molecule has 2 aromatic carbocycles. The molecule has 1 N–H and O–H groups in total. The van der Waals surface area contributed by atoms with Crippen LogP contribution in [0.1, 0.15) is 5.56 Å². The molecule has 112 valence electrons.